The maximum atomic E-state index is 11.1. The Labute approximate surface area is 67.1 Å². The van der Waals surface area contributed by atoms with Gasteiger partial charge in [-0.05, 0) is 12.1 Å². The summed E-state index contributed by atoms with van der Waals surface area (Å²) in [6.45, 7) is 0. The standard InChI is InChI=1S/C7H6N2OS/c8-4-6-11(10)7-3-1-2-5-9-7/h1-3,5H,6H2/t11-/m0/s1. The Morgan fingerprint density at radius 3 is 3.00 bits per heavy atom. The molecule has 4 heteroatoms. The number of aromatic nitrogens is 1. The van der Waals surface area contributed by atoms with Crippen molar-refractivity contribution < 1.29 is 4.21 Å². The van der Waals surface area contributed by atoms with E-state index < -0.39 is 10.8 Å². The van der Waals surface area contributed by atoms with Gasteiger partial charge in [-0.15, -0.1) is 0 Å². The zero-order valence-electron chi connectivity index (χ0n) is 5.73. The molecule has 0 bridgehead atoms. The predicted molar refractivity (Wildman–Crippen MR) is 41.1 cm³/mol. The van der Waals surface area contributed by atoms with Crippen LogP contribution in [0.15, 0.2) is 29.4 Å². The van der Waals surface area contributed by atoms with Gasteiger partial charge >= 0.3 is 0 Å². The van der Waals surface area contributed by atoms with Crippen LogP contribution in [0, 0.1) is 11.3 Å². The van der Waals surface area contributed by atoms with Crippen LogP contribution in [0.3, 0.4) is 0 Å². The molecule has 11 heavy (non-hydrogen) atoms. The molecule has 1 atom stereocenters. The fourth-order valence-electron chi connectivity index (χ4n) is 0.614. The molecule has 0 saturated heterocycles. The van der Waals surface area contributed by atoms with Crippen LogP contribution in [-0.4, -0.2) is 14.9 Å². The zero-order valence-corrected chi connectivity index (χ0v) is 6.54. The van der Waals surface area contributed by atoms with Gasteiger partial charge in [-0.1, -0.05) is 6.07 Å². The third-order valence-corrected chi connectivity index (χ3v) is 2.17. The molecule has 0 N–H and O–H groups in total. The highest BCUT2D eigenvalue weighted by Gasteiger charge is 2.01. The Morgan fingerprint density at radius 1 is 1.64 bits per heavy atom. The Hall–Kier alpha value is -1.21. The smallest absolute Gasteiger partial charge is 0.128 e. The van der Waals surface area contributed by atoms with Gasteiger partial charge in [0.1, 0.15) is 10.8 Å². The fourth-order valence-corrected chi connectivity index (χ4v) is 1.29. The third-order valence-electron chi connectivity index (χ3n) is 1.07. The van der Waals surface area contributed by atoms with Crippen molar-refractivity contribution in [1.29, 1.82) is 5.26 Å². The minimum absolute atomic E-state index is 0.0109. The van der Waals surface area contributed by atoms with Crippen LogP contribution in [0.1, 0.15) is 0 Å². The third kappa shape index (κ3) is 2.13. The Kier molecular flexibility index (Phi) is 2.75. The Bertz CT molecular complexity index is 291. The molecule has 0 amide bonds. The van der Waals surface area contributed by atoms with Gasteiger partial charge in [0, 0.05) is 6.20 Å². The molecule has 0 aliphatic rings. The fraction of sp³-hybridized carbons (Fsp3) is 0.143. The van der Waals surface area contributed by atoms with E-state index >= 15 is 0 Å². The van der Waals surface area contributed by atoms with Crippen LogP contribution in [0.4, 0.5) is 0 Å². The molecule has 0 fully saturated rings. The molecule has 0 spiro atoms. The van der Waals surface area contributed by atoms with Gasteiger partial charge in [0.25, 0.3) is 0 Å². The first-order valence-electron chi connectivity index (χ1n) is 3.01. The van der Waals surface area contributed by atoms with E-state index in [4.69, 9.17) is 5.26 Å². The summed E-state index contributed by atoms with van der Waals surface area (Å²) in [5, 5.41) is 8.69. The van der Waals surface area contributed by atoms with Crippen LogP contribution in [-0.2, 0) is 10.8 Å². The SMILES string of the molecule is N#CC[S@](=O)c1ccccn1. The van der Waals surface area contributed by atoms with Gasteiger partial charge in [-0.25, -0.2) is 4.98 Å². The lowest BCUT2D eigenvalue weighted by atomic mass is 10.5. The topological polar surface area (TPSA) is 53.8 Å². The molecule has 3 nitrogen and oxygen atoms in total. The monoisotopic (exact) mass is 166 g/mol. The minimum atomic E-state index is -1.26. The summed E-state index contributed by atoms with van der Waals surface area (Å²) >= 11 is 0. The highest BCUT2D eigenvalue weighted by Crippen LogP contribution is 1.99. The lowest BCUT2D eigenvalue weighted by Crippen LogP contribution is -1.97. The van der Waals surface area contributed by atoms with E-state index in [9.17, 15) is 4.21 Å². The second-order valence-electron chi connectivity index (χ2n) is 1.82. The van der Waals surface area contributed by atoms with Crippen molar-refractivity contribution in [2.45, 2.75) is 5.03 Å². The molecule has 0 aliphatic heterocycles. The van der Waals surface area contributed by atoms with Gasteiger partial charge in [-0.2, -0.15) is 5.26 Å². The molecule has 56 valence electrons. The molecule has 0 unspecified atom stereocenters. The second-order valence-corrected chi connectivity index (χ2v) is 3.21. The van der Waals surface area contributed by atoms with Crippen molar-refractivity contribution in [2.75, 3.05) is 5.75 Å². The van der Waals surface area contributed by atoms with Gasteiger partial charge in [-0.3, -0.25) is 4.21 Å². The zero-order chi connectivity index (χ0) is 8.10. The van der Waals surface area contributed by atoms with Crippen molar-refractivity contribution in [3.63, 3.8) is 0 Å². The summed E-state index contributed by atoms with van der Waals surface area (Å²) in [4.78, 5) is 3.85. The summed E-state index contributed by atoms with van der Waals surface area (Å²) in [6.07, 6.45) is 1.56. The van der Waals surface area contributed by atoms with E-state index in [-0.39, 0.29) is 5.75 Å². The predicted octanol–water partition coefficient (Wildman–Crippen LogP) is 0.713. The first kappa shape index (κ1) is 7.89. The van der Waals surface area contributed by atoms with E-state index in [2.05, 4.69) is 4.98 Å². The van der Waals surface area contributed by atoms with E-state index in [1.165, 1.54) is 0 Å². The number of hydrogen-bond acceptors (Lipinski definition) is 3. The van der Waals surface area contributed by atoms with Crippen molar-refractivity contribution in [2.24, 2.45) is 0 Å². The van der Waals surface area contributed by atoms with Crippen LogP contribution in [0.5, 0.6) is 0 Å². The number of pyridine rings is 1. The lowest BCUT2D eigenvalue weighted by molar-refractivity contribution is 0.682. The van der Waals surface area contributed by atoms with Gasteiger partial charge in [0.15, 0.2) is 0 Å². The summed E-state index contributed by atoms with van der Waals surface area (Å²) in [5.74, 6) is 0.0109. The minimum Gasteiger partial charge on any atom is -0.252 e. The first-order valence-corrected chi connectivity index (χ1v) is 4.33. The molecular weight excluding hydrogens is 160 g/mol. The molecule has 1 aromatic rings. The maximum absolute atomic E-state index is 11.1. The van der Waals surface area contributed by atoms with Crippen molar-refractivity contribution in [1.82, 2.24) is 4.98 Å². The molecule has 0 aromatic carbocycles. The molecule has 0 radical (unpaired) electrons. The van der Waals surface area contributed by atoms with Crippen LogP contribution < -0.4 is 0 Å². The van der Waals surface area contributed by atoms with E-state index in [0.29, 0.717) is 5.03 Å². The summed E-state index contributed by atoms with van der Waals surface area (Å²) in [7, 11) is -1.26. The average Bonchev–Trinajstić information content (AvgIpc) is 2.07. The van der Waals surface area contributed by atoms with Gasteiger partial charge in [0.2, 0.25) is 0 Å². The molecule has 0 saturated carbocycles. The normalized spacial score (nSPS) is 11.9. The second kappa shape index (κ2) is 3.84. The van der Waals surface area contributed by atoms with Crippen molar-refractivity contribution in [3.8, 4) is 6.07 Å². The van der Waals surface area contributed by atoms with Gasteiger partial charge in [0.05, 0.1) is 16.9 Å². The largest absolute Gasteiger partial charge is 0.252 e. The molecule has 1 aromatic heterocycles. The van der Waals surface area contributed by atoms with E-state index in [0.717, 1.165) is 0 Å². The van der Waals surface area contributed by atoms with Gasteiger partial charge < -0.3 is 0 Å². The maximum Gasteiger partial charge on any atom is 0.128 e. The molecular formula is C7H6N2OS. The van der Waals surface area contributed by atoms with E-state index in [1.54, 1.807) is 24.4 Å². The first-order chi connectivity index (χ1) is 5.34. The number of nitrogens with zero attached hydrogens (tertiary/aromatic N) is 2. The number of hydrogen-bond donors (Lipinski definition) is 0. The number of rotatable bonds is 2. The summed E-state index contributed by atoms with van der Waals surface area (Å²) in [5.41, 5.74) is 0. The highest BCUT2D eigenvalue weighted by molar-refractivity contribution is 7.85. The van der Waals surface area contributed by atoms with Crippen molar-refractivity contribution >= 4 is 10.8 Å². The Balaban J connectivity index is 2.79. The quantitative estimate of drug-likeness (QED) is 0.650. The van der Waals surface area contributed by atoms with Crippen molar-refractivity contribution in [3.05, 3.63) is 24.4 Å². The number of nitriles is 1. The average molecular weight is 166 g/mol. The van der Waals surface area contributed by atoms with Crippen LogP contribution in [0.25, 0.3) is 0 Å². The van der Waals surface area contributed by atoms with Crippen LogP contribution >= 0.6 is 0 Å². The molecule has 0 aliphatic carbocycles. The van der Waals surface area contributed by atoms with Crippen LogP contribution in [0.2, 0.25) is 0 Å². The lowest BCUT2D eigenvalue weighted by Gasteiger charge is -1.92. The summed E-state index contributed by atoms with van der Waals surface area (Å²) < 4.78 is 11.1. The highest BCUT2D eigenvalue weighted by atomic mass is 32.2. The Morgan fingerprint density at radius 2 is 2.45 bits per heavy atom. The molecule has 1 rings (SSSR count). The molecule has 1 heterocycles. The van der Waals surface area contributed by atoms with E-state index in [1.807, 2.05) is 6.07 Å². The summed E-state index contributed by atoms with van der Waals surface area (Å²) in [6, 6.07) is 6.96.